The summed E-state index contributed by atoms with van der Waals surface area (Å²) in [5.74, 6) is -4.07. The van der Waals surface area contributed by atoms with Crippen molar-refractivity contribution in [1.29, 1.82) is 0 Å². The number of methoxy groups -OCH3 is 1. The average Bonchev–Trinajstić information content (AvgIpc) is 2.37. The Labute approximate surface area is 117 Å². The zero-order chi connectivity index (χ0) is 14.9. The Morgan fingerprint density at radius 1 is 0.900 bits per heavy atom. The van der Waals surface area contributed by atoms with E-state index in [1.807, 2.05) is 0 Å². The molecular weight excluding hydrogens is 296 g/mol. The van der Waals surface area contributed by atoms with Gasteiger partial charge in [0.25, 0.3) is 0 Å². The van der Waals surface area contributed by atoms with Gasteiger partial charge in [-0.15, -0.1) is 11.6 Å². The minimum atomic E-state index is -1.62. The van der Waals surface area contributed by atoms with E-state index in [1.54, 1.807) is 0 Å². The zero-order valence-corrected chi connectivity index (χ0v) is 11.0. The standard InChI is InChI=1S/C14H9ClF4O/c1-20-7-5-10(18)13(11(19)6-7)14(15)12-8(16)3-2-4-9(12)17/h2-6,14H,1H3. The number of alkyl halides is 1. The van der Waals surface area contributed by atoms with E-state index < -0.39 is 39.8 Å². The normalized spacial score (nSPS) is 12.3. The molecule has 0 aliphatic heterocycles. The monoisotopic (exact) mass is 304 g/mol. The number of hydrogen-bond acceptors (Lipinski definition) is 1. The van der Waals surface area contributed by atoms with Crippen LogP contribution in [-0.4, -0.2) is 7.11 Å². The molecule has 0 fully saturated rings. The summed E-state index contributed by atoms with van der Waals surface area (Å²) >= 11 is 5.85. The third-order valence-corrected chi connectivity index (χ3v) is 3.23. The van der Waals surface area contributed by atoms with Gasteiger partial charge in [-0.05, 0) is 12.1 Å². The van der Waals surface area contributed by atoms with Gasteiger partial charge in [-0.1, -0.05) is 6.07 Å². The molecule has 1 nitrogen and oxygen atoms in total. The van der Waals surface area contributed by atoms with Gasteiger partial charge in [-0.2, -0.15) is 0 Å². The lowest BCUT2D eigenvalue weighted by molar-refractivity contribution is 0.405. The minimum absolute atomic E-state index is 0.0541. The summed E-state index contributed by atoms with van der Waals surface area (Å²) in [5.41, 5.74) is -1.23. The highest BCUT2D eigenvalue weighted by Crippen LogP contribution is 2.36. The van der Waals surface area contributed by atoms with Crippen LogP contribution >= 0.6 is 11.6 Å². The van der Waals surface area contributed by atoms with Gasteiger partial charge in [-0.25, -0.2) is 17.6 Å². The van der Waals surface area contributed by atoms with Gasteiger partial charge in [0.15, 0.2) is 0 Å². The molecule has 20 heavy (non-hydrogen) atoms. The van der Waals surface area contributed by atoms with E-state index in [1.165, 1.54) is 7.11 Å². The smallest absolute Gasteiger partial charge is 0.134 e. The molecule has 0 bridgehead atoms. The summed E-state index contributed by atoms with van der Waals surface area (Å²) < 4.78 is 59.6. The highest BCUT2D eigenvalue weighted by atomic mass is 35.5. The Hall–Kier alpha value is -1.75. The summed E-state index contributed by atoms with van der Waals surface area (Å²) in [5, 5.41) is -1.62. The van der Waals surface area contributed by atoms with Gasteiger partial charge in [0.2, 0.25) is 0 Å². The fourth-order valence-electron chi connectivity index (χ4n) is 1.82. The second-order valence-electron chi connectivity index (χ2n) is 4.00. The highest BCUT2D eigenvalue weighted by Gasteiger charge is 2.26. The first-order chi connectivity index (χ1) is 9.45. The topological polar surface area (TPSA) is 9.23 Å². The predicted molar refractivity (Wildman–Crippen MR) is 67.0 cm³/mol. The molecule has 0 saturated carbocycles. The van der Waals surface area contributed by atoms with E-state index in [4.69, 9.17) is 16.3 Å². The van der Waals surface area contributed by atoms with E-state index in [9.17, 15) is 17.6 Å². The van der Waals surface area contributed by atoms with E-state index in [0.717, 1.165) is 30.3 Å². The number of benzene rings is 2. The number of ether oxygens (including phenoxy) is 1. The molecule has 6 heteroatoms. The van der Waals surface area contributed by atoms with Gasteiger partial charge >= 0.3 is 0 Å². The molecule has 0 radical (unpaired) electrons. The van der Waals surface area contributed by atoms with E-state index in [0.29, 0.717) is 0 Å². The quantitative estimate of drug-likeness (QED) is 0.596. The van der Waals surface area contributed by atoms with Crippen molar-refractivity contribution in [2.75, 3.05) is 7.11 Å². The molecule has 1 unspecified atom stereocenters. The van der Waals surface area contributed by atoms with Crippen LogP contribution in [0.1, 0.15) is 16.5 Å². The predicted octanol–water partition coefficient (Wildman–Crippen LogP) is 4.58. The van der Waals surface area contributed by atoms with Gasteiger partial charge in [0.05, 0.1) is 12.5 Å². The van der Waals surface area contributed by atoms with E-state index >= 15 is 0 Å². The van der Waals surface area contributed by atoms with E-state index in [-0.39, 0.29) is 5.75 Å². The van der Waals surface area contributed by atoms with Crippen molar-refractivity contribution in [3.05, 3.63) is 64.7 Å². The molecule has 0 aliphatic rings. The van der Waals surface area contributed by atoms with Crippen molar-refractivity contribution in [1.82, 2.24) is 0 Å². The fourth-order valence-corrected chi connectivity index (χ4v) is 2.24. The SMILES string of the molecule is COc1cc(F)c(C(Cl)c2c(F)cccc2F)c(F)c1. The molecule has 0 aliphatic carbocycles. The van der Waals surface area contributed by atoms with Crippen LogP contribution in [0, 0.1) is 23.3 Å². The van der Waals surface area contributed by atoms with Crippen LogP contribution in [0.4, 0.5) is 17.6 Å². The van der Waals surface area contributed by atoms with Gasteiger partial charge < -0.3 is 4.74 Å². The second kappa shape index (κ2) is 5.71. The van der Waals surface area contributed by atoms with Crippen LogP contribution in [0.3, 0.4) is 0 Å². The third-order valence-electron chi connectivity index (χ3n) is 2.79. The fraction of sp³-hybridized carbons (Fsp3) is 0.143. The minimum Gasteiger partial charge on any atom is -0.497 e. The summed E-state index contributed by atoms with van der Waals surface area (Å²) in [7, 11) is 1.24. The average molecular weight is 305 g/mol. The maximum Gasteiger partial charge on any atom is 0.134 e. The molecule has 106 valence electrons. The van der Waals surface area contributed by atoms with Crippen molar-refractivity contribution in [2.24, 2.45) is 0 Å². The Bertz CT molecular complexity index is 602. The zero-order valence-electron chi connectivity index (χ0n) is 10.3. The van der Waals surface area contributed by atoms with Gasteiger partial charge in [0, 0.05) is 23.3 Å². The molecule has 2 aromatic rings. The van der Waals surface area contributed by atoms with Crippen molar-refractivity contribution in [2.45, 2.75) is 5.38 Å². The van der Waals surface area contributed by atoms with Gasteiger partial charge in [0.1, 0.15) is 29.0 Å². The molecule has 2 rings (SSSR count). The highest BCUT2D eigenvalue weighted by molar-refractivity contribution is 6.22. The molecule has 0 spiro atoms. The number of hydrogen-bond donors (Lipinski definition) is 0. The molecule has 1 atom stereocenters. The van der Waals surface area contributed by atoms with Crippen LogP contribution < -0.4 is 4.74 Å². The largest absolute Gasteiger partial charge is 0.497 e. The molecule has 0 amide bonds. The third kappa shape index (κ3) is 2.58. The number of halogens is 5. The lowest BCUT2D eigenvalue weighted by Gasteiger charge is -2.15. The second-order valence-corrected chi connectivity index (χ2v) is 4.44. The van der Waals surface area contributed by atoms with Crippen molar-refractivity contribution in [3.8, 4) is 5.75 Å². The first kappa shape index (κ1) is 14.7. The lowest BCUT2D eigenvalue weighted by atomic mass is 10.0. The Morgan fingerprint density at radius 3 is 1.80 bits per heavy atom. The van der Waals surface area contributed by atoms with Crippen LogP contribution in [-0.2, 0) is 0 Å². The Kier molecular flexibility index (Phi) is 4.18. The van der Waals surface area contributed by atoms with Crippen LogP contribution in [0.25, 0.3) is 0 Å². The summed E-state index contributed by atoms with van der Waals surface area (Å²) in [4.78, 5) is 0. The first-order valence-corrected chi connectivity index (χ1v) is 6.00. The molecular formula is C14H9ClF4O. The van der Waals surface area contributed by atoms with Crippen LogP contribution in [0.15, 0.2) is 30.3 Å². The maximum atomic E-state index is 13.8. The molecule has 2 aromatic carbocycles. The summed E-state index contributed by atoms with van der Waals surface area (Å²) in [6.07, 6.45) is 0. The summed E-state index contributed by atoms with van der Waals surface area (Å²) in [6.45, 7) is 0. The molecule has 0 heterocycles. The number of rotatable bonds is 3. The molecule has 0 aromatic heterocycles. The van der Waals surface area contributed by atoms with Crippen molar-refractivity contribution in [3.63, 3.8) is 0 Å². The van der Waals surface area contributed by atoms with Crippen LogP contribution in [0.5, 0.6) is 5.75 Å². The molecule has 0 saturated heterocycles. The maximum absolute atomic E-state index is 13.8. The van der Waals surface area contributed by atoms with Gasteiger partial charge in [-0.3, -0.25) is 0 Å². The first-order valence-electron chi connectivity index (χ1n) is 5.56. The molecule has 0 N–H and O–H groups in total. The van der Waals surface area contributed by atoms with E-state index in [2.05, 4.69) is 0 Å². The van der Waals surface area contributed by atoms with Crippen LogP contribution in [0.2, 0.25) is 0 Å². The van der Waals surface area contributed by atoms with Crippen molar-refractivity contribution >= 4 is 11.6 Å². The van der Waals surface area contributed by atoms with Crippen molar-refractivity contribution < 1.29 is 22.3 Å². The lowest BCUT2D eigenvalue weighted by Crippen LogP contribution is -2.06. The summed E-state index contributed by atoms with van der Waals surface area (Å²) in [6, 6.07) is 4.86. The Balaban J connectivity index is 2.57. The Morgan fingerprint density at radius 2 is 1.35 bits per heavy atom.